The monoisotopic (exact) mass is 328 g/mol. The number of rotatable bonds is 9. The van der Waals surface area contributed by atoms with Crippen molar-refractivity contribution in [3.8, 4) is 0 Å². The van der Waals surface area contributed by atoms with Crippen molar-refractivity contribution in [2.24, 2.45) is 5.73 Å². The summed E-state index contributed by atoms with van der Waals surface area (Å²) >= 11 is 0. The summed E-state index contributed by atoms with van der Waals surface area (Å²) in [5, 5.41) is 63.5. The largest absolute Gasteiger partial charge is 0.481 e. The summed E-state index contributed by atoms with van der Waals surface area (Å²) in [6, 6.07) is -1.29. The van der Waals surface area contributed by atoms with Crippen LogP contribution in [0.2, 0.25) is 0 Å². The van der Waals surface area contributed by atoms with Crippen LogP contribution in [0.1, 0.15) is 6.42 Å². The molecule has 0 fully saturated rings. The minimum atomic E-state index is -1.55. The highest BCUT2D eigenvalue weighted by Crippen LogP contribution is 2.04. The molecule has 0 aliphatic heterocycles. The van der Waals surface area contributed by atoms with Crippen LogP contribution in [0.4, 0.5) is 0 Å². The molecule has 0 radical (unpaired) electrons. The van der Waals surface area contributed by atoms with Gasteiger partial charge in [-0.05, 0) is 7.05 Å². The Kier molecular flexibility index (Phi) is 12.7. The lowest BCUT2D eigenvalue weighted by molar-refractivity contribution is -0.144. The van der Waals surface area contributed by atoms with Crippen LogP contribution >= 0.6 is 0 Å². The fourth-order valence-electron chi connectivity index (χ4n) is 1.17. The second kappa shape index (κ2) is 12.2. The van der Waals surface area contributed by atoms with Gasteiger partial charge >= 0.3 is 11.9 Å². The average molecular weight is 328 g/mol. The second-order valence-electron chi connectivity index (χ2n) is 4.40. The molecular weight excluding hydrogens is 304 g/mol. The van der Waals surface area contributed by atoms with Crippen molar-refractivity contribution >= 4 is 11.9 Å². The van der Waals surface area contributed by atoms with Crippen molar-refractivity contribution < 1.29 is 45.3 Å². The molecule has 1 unspecified atom stereocenters. The van der Waals surface area contributed by atoms with Gasteiger partial charge in [0.05, 0.1) is 19.1 Å². The molecule has 11 heteroatoms. The highest BCUT2D eigenvalue weighted by molar-refractivity contribution is 5.80. The maximum atomic E-state index is 9.85. The summed E-state index contributed by atoms with van der Waals surface area (Å²) in [5.41, 5.74) is 4.84. The zero-order valence-corrected chi connectivity index (χ0v) is 12.0. The van der Waals surface area contributed by atoms with E-state index in [-0.39, 0.29) is 6.54 Å². The van der Waals surface area contributed by atoms with Gasteiger partial charge in [-0.3, -0.25) is 9.59 Å². The first kappa shape index (κ1) is 22.9. The first-order chi connectivity index (χ1) is 10.1. The lowest BCUT2D eigenvalue weighted by Crippen LogP contribution is -2.48. The molecule has 0 aromatic heterocycles. The number of hydrogen-bond acceptors (Lipinski definition) is 9. The molecule has 22 heavy (non-hydrogen) atoms. The van der Waals surface area contributed by atoms with Crippen LogP contribution in [0.5, 0.6) is 0 Å². The summed E-state index contributed by atoms with van der Waals surface area (Å²) in [4.78, 5) is 19.6. The normalized spacial score (nSPS) is 17.4. The van der Waals surface area contributed by atoms with Gasteiger partial charge < -0.3 is 46.8 Å². The molecule has 0 aromatic rings. The van der Waals surface area contributed by atoms with Gasteiger partial charge in [0.1, 0.15) is 24.4 Å². The van der Waals surface area contributed by atoms with E-state index in [0.717, 1.165) is 0 Å². The van der Waals surface area contributed by atoms with Crippen molar-refractivity contribution in [1.82, 2.24) is 5.32 Å². The minimum Gasteiger partial charge on any atom is -0.481 e. The summed E-state index contributed by atoms with van der Waals surface area (Å²) in [7, 11) is 1.57. The van der Waals surface area contributed by atoms with E-state index in [1.54, 1.807) is 7.05 Å². The Morgan fingerprint density at radius 3 is 1.77 bits per heavy atom. The number of aliphatic carboxylic acids is 2. The first-order valence-corrected chi connectivity index (χ1v) is 6.26. The standard InChI is InChI=1S/C7H17NO5.C4H7NO4/c1-8-2-4(10)6(12)7(13)5(11)3-9;5-2(4(8)9)1-3(6)7/h4-13H,2-3H2,1H3;2H,1,5H2,(H,6,7)(H,8,9)/t4-,5+,6+,7+;/m0./s1. The Bertz CT molecular complexity index is 329. The summed E-state index contributed by atoms with van der Waals surface area (Å²) < 4.78 is 0. The van der Waals surface area contributed by atoms with Gasteiger partial charge in [-0.25, -0.2) is 0 Å². The fraction of sp³-hybridized carbons (Fsp3) is 0.818. The van der Waals surface area contributed by atoms with E-state index in [1.807, 2.05) is 0 Å². The Hall–Kier alpha value is -1.34. The van der Waals surface area contributed by atoms with Crippen LogP contribution in [0, 0.1) is 0 Å². The van der Waals surface area contributed by atoms with Crippen molar-refractivity contribution in [2.45, 2.75) is 36.9 Å². The third-order valence-electron chi connectivity index (χ3n) is 2.45. The van der Waals surface area contributed by atoms with E-state index in [2.05, 4.69) is 5.32 Å². The molecule has 0 heterocycles. The van der Waals surface area contributed by atoms with Crippen molar-refractivity contribution in [3.63, 3.8) is 0 Å². The van der Waals surface area contributed by atoms with Crippen LogP contribution in [0.25, 0.3) is 0 Å². The van der Waals surface area contributed by atoms with E-state index in [1.165, 1.54) is 0 Å². The summed E-state index contributed by atoms with van der Waals surface area (Å²) in [6.45, 7) is -0.569. The van der Waals surface area contributed by atoms with E-state index in [4.69, 9.17) is 36.4 Å². The Morgan fingerprint density at radius 2 is 1.50 bits per heavy atom. The molecular formula is C11H24N2O9. The number of nitrogens with two attached hydrogens (primary N) is 1. The van der Waals surface area contributed by atoms with Crippen LogP contribution < -0.4 is 11.1 Å². The summed E-state index contributed by atoms with van der Waals surface area (Å²) in [6.07, 6.45) is -6.18. The molecule has 0 aliphatic rings. The van der Waals surface area contributed by atoms with Gasteiger partial charge in [0, 0.05) is 6.54 Å². The minimum absolute atomic E-state index is 0.0936. The smallest absolute Gasteiger partial charge is 0.321 e. The zero-order chi connectivity index (χ0) is 17.9. The zero-order valence-electron chi connectivity index (χ0n) is 12.0. The molecule has 0 aromatic carbocycles. The number of aliphatic hydroxyl groups excluding tert-OH is 5. The van der Waals surface area contributed by atoms with Crippen molar-refractivity contribution in [2.75, 3.05) is 20.2 Å². The molecule has 132 valence electrons. The van der Waals surface area contributed by atoms with E-state index >= 15 is 0 Å². The molecule has 11 nitrogen and oxygen atoms in total. The molecule has 0 spiro atoms. The van der Waals surface area contributed by atoms with Gasteiger partial charge in [0.2, 0.25) is 0 Å². The second-order valence-corrected chi connectivity index (χ2v) is 4.40. The Morgan fingerprint density at radius 1 is 1.05 bits per heavy atom. The predicted octanol–water partition coefficient (Wildman–Crippen LogP) is -4.49. The first-order valence-electron chi connectivity index (χ1n) is 6.26. The number of nitrogens with one attached hydrogen (secondary N) is 1. The van der Waals surface area contributed by atoms with E-state index in [9.17, 15) is 14.7 Å². The highest BCUT2D eigenvalue weighted by Gasteiger charge is 2.29. The van der Waals surface area contributed by atoms with E-state index < -0.39 is 55.4 Å². The highest BCUT2D eigenvalue weighted by atomic mass is 16.4. The maximum absolute atomic E-state index is 9.85. The molecule has 0 amide bonds. The lowest BCUT2D eigenvalue weighted by Gasteiger charge is -2.25. The average Bonchev–Trinajstić information content (AvgIpc) is 2.44. The summed E-state index contributed by atoms with van der Waals surface area (Å²) in [5.74, 6) is -2.50. The van der Waals surface area contributed by atoms with Crippen LogP contribution in [0.15, 0.2) is 0 Å². The number of likely N-dealkylation sites (N-methyl/N-ethyl adjacent to an activating group) is 1. The molecule has 0 saturated carbocycles. The quantitative estimate of drug-likeness (QED) is 0.197. The topological polar surface area (TPSA) is 214 Å². The van der Waals surface area contributed by atoms with Gasteiger partial charge in [0.15, 0.2) is 0 Å². The van der Waals surface area contributed by atoms with Crippen LogP contribution in [-0.2, 0) is 9.59 Å². The van der Waals surface area contributed by atoms with E-state index in [0.29, 0.717) is 0 Å². The fourth-order valence-corrected chi connectivity index (χ4v) is 1.17. The van der Waals surface area contributed by atoms with Crippen molar-refractivity contribution in [1.29, 1.82) is 0 Å². The predicted molar refractivity (Wildman–Crippen MR) is 72.9 cm³/mol. The Balaban J connectivity index is 0. The third-order valence-corrected chi connectivity index (χ3v) is 2.45. The molecule has 5 atom stereocenters. The van der Waals surface area contributed by atoms with Gasteiger partial charge in [0.25, 0.3) is 0 Å². The maximum Gasteiger partial charge on any atom is 0.321 e. The molecule has 0 rings (SSSR count). The number of aliphatic hydroxyl groups is 5. The third kappa shape index (κ3) is 10.4. The Labute approximate surface area is 126 Å². The molecule has 0 bridgehead atoms. The van der Waals surface area contributed by atoms with Gasteiger partial charge in [-0.2, -0.15) is 0 Å². The van der Waals surface area contributed by atoms with Crippen molar-refractivity contribution in [3.05, 3.63) is 0 Å². The number of hydrogen-bond donors (Lipinski definition) is 9. The lowest BCUT2D eigenvalue weighted by atomic mass is 10.0. The number of carboxylic acid groups (broad SMARTS) is 2. The SMILES string of the molecule is CNC[C@H](O)[C@@H](O)[C@H](O)[C@H](O)CO.NC(CC(=O)O)C(=O)O. The molecule has 10 N–H and O–H groups in total. The van der Waals surface area contributed by atoms with Gasteiger partial charge in [-0.15, -0.1) is 0 Å². The number of carboxylic acids is 2. The molecule has 0 saturated heterocycles. The number of carbonyl (C=O) groups is 2. The molecule has 0 aliphatic carbocycles. The van der Waals surface area contributed by atoms with Crippen LogP contribution in [0.3, 0.4) is 0 Å². The van der Waals surface area contributed by atoms with Crippen LogP contribution in [-0.4, -0.2) is 98.3 Å². The van der Waals surface area contributed by atoms with Gasteiger partial charge in [-0.1, -0.05) is 0 Å².